The summed E-state index contributed by atoms with van der Waals surface area (Å²) in [5, 5.41) is 6.32. The van der Waals surface area contributed by atoms with E-state index in [1.807, 2.05) is 50.3 Å². The molecule has 0 aliphatic carbocycles. The lowest BCUT2D eigenvalue weighted by atomic mass is 10.2. The van der Waals surface area contributed by atoms with Gasteiger partial charge in [-0.2, -0.15) is 0 Å². The molecule has 1 fully saturated rings. The lowest BCUT2D eigenvalue weighted by Crippen LogP contribution is -2.39. The quantitative estimate of drug-likeness (QED) is 0.414. The van der Waals surface area contributed by atoms with E-state index in [1.54, 1.807) is 0 Å². The SMILES string of the molecule is CN=C(NCc1cccc(NC(=O)CN(C)C)c1)N1CCCC1.I. The Labute approximate surface area is 161 Å². The number of benzene rings is 1. The number of halogens is 1. The number of hydrogen-bond donors (Lipinski definition) is 2. The van der Waals surface area contributed by atoms with Crippen LogP contribution < -0.4 is 10.6 Å². The largest absolute Gasteiger partial charge is 0.352 e. The maximum absolute atomic E-state index is 11.8. The molecule has 0 unspecified atom stereocenters. The molecule has 0 bridgehead atoms. The third-order valence-corrected chi connectivity index (χ3v) is 3.74. The number of anilines is 1. The van der Waals surface area contributed by atoms with Gasteiger partial charge in [-0.05, 0) is 44.6 Å². The molecule has 1 saturated heterocycles. The van der Waals surface area contributed by atoms with E-state index >= 15 is 0 Å². The molecule has 0 atom stereocenters. The van der Waals surface area contributed by atoms with Crippen LogP contribution in [0.15, 0.2) is 29.3 Å². The minimum Gasteiger partial charge on any atom is -0.352 e. The minimum atomic E-state index is -0.00649. The molecule has 2 N–H and O–H groups in total. The summed E-state index contributed by atoms with van der Waals surface area (Å²) in [6.45, 7) is 3.21. The zero-order chi connectivity index (χ0) is 16.7. The Hall–Kier alpha value is -1.35. The van der Waals surface area contributed by atoms with Crippen molar-refractivity contribution in [3.8, 4) is 0 Å². The van der Waals surface area contributed by atoms with E-state index in [0.29, 0.717) is 13.1 Å². The normalized spacial score (nSPS) is 14.5. The van der Waals surface area contributed by atoms with Crippen LogP contribution in [0.3, 0.4) is 0 Å². The van der Waals surface area contributed by atoms with Crippen molar-refractivity contribution in [3.05, 3.63) is 29.8 Å². The maximum Gasteiger partial charge on any atom is 0.238 e. The summed E-state index contributed by atoms with van der Waals surface area (Å²) in [4.78, 5) is 20.3. The number of hydrogen-bond acceptors (Lipinski definition) is 3. The van der Waals surface area contributed by atoms with Crippen molar-refractivity contribution in [2.45, 2.75) is 19.4 Å². The van der Waals surface area contributed by atoms with Gasteiger partial charge in [-0.1, -0.05) is 12.1 Å². The predicted octanol–water partition coefficient (Wildman–Crippen LogP) is 1.98. The topological polar surface area (TPSA) is 60.0 Å². The molecule has 0 aromatic heterocycles. The molecule has 24 heavy (non-hydrogen) atoms. The first-order valence-corrected chi connectivity index (χ1v) is 8.07. The number of amides is 1. The summed E-state index contributed by atoms with van der Waals surface area (Å²) in [6, 6.07) is 7.91. The van der Waals surface area contributed by atoms with E-state index in [0.717, 1.165) is 30.3 Å². The predicted molar refractivity (Wildman–Crippen MR) is 110 cm³/mol. The van der Waals surface area contributed by atoms with Crippen molar-refractivity contribution in [1.29, 1.82) is 0 Å². The average molecular weight is 445 g/mol. The zero-order valence-corrected chi connectivity index (χ0v) is 17.0. The number of rotatable bonds is 5. The number of likely N-dealkylation sites (tertiary alicyclic amines) is 1. The van der Waals surface area contributed by atoms with Crippen LogP contribution in [0.4, 0.5) is 5.69 Å². The standard InChI is InChI=1S/C17H27N5O.HI/c1-18-17(22-9-4-5-10-22)19-12-14-7-6-8-15(11-14)20-16(23)13-21(2)3;/h6-8,11H,4-5,9-10,12-13H2,1-3H3,(H,18,19)(H,20,23);1H. The molecule has 0 radical (unpaired) electrons. The number of nitrogens with zero attached hydrogens (tertiary/aromatic N) is 3. The summed E-state index contributed by atoms with van der Waals surface area (Å²) < 4.78 is 0. The molecule has 1 amide bonds. The van der Waals surface area contributed by atoms with Crippen LogP contribution in [-0.4, -0.2) is 62.4 Å². The summed E-state index contributed by atoms with van der Waals surface area (Å²) >= 11 is 0. The third kappa shape index (κ3) is 6.64. The molecule has 134 valence electrons. The van der Waals surface area contributed by atoms with Gasteiger partial charge in [0.05, 0.1) is 6.54 Å². The number of nitrogens with one attached hydrogen (secondary N) is 2. The van der Waals surface area contributed by atoms with Gasteiger partial charge in [0.15, 0.2) is 5.96 Å². The monoisotopic (exact) mass is 445 g/mol. The summed E-state index contributed by atoms with van der Waals surface area (Å²) in [5.41, 5.74) is 1.94. The van der Waals surface area contributed by atoms with E-state index < -0.39 is 0 Å². The Morgan fingerprint density at radius 3 is 2.62 bits per heavy atom. The molecule has 6 nitrogen and oxygen atoms in total. The van der Waals surface area contributed by atoms with Gasteiger partial charge in [0.25, 0.3) is 0 Å². The smallest absolute Gasteiger partial charge is 0.238 e. The van der Waals surface area contributed by atoms with Crippen LogP contribution in [0.1, 0.15) is 18.4 Å². The number of carbonyl (C=O) groups is 1. The van der Waals surface area contributed by atoms with Crippen LogP contribution in [-0.2, 0) is 11.3 Å². The minimum absolute atomic E-state index is 0. The molecule has 1 aliphatic rings. The fourth-order valence-corrected chi connectivity index (χ4v) is 2.69. The average Bonchev–Trinajstić information content (AvgIpc) is 3.01. The first kappa shape index (κ1) is 20.7. The van der Waals surface area contributed by atoms with E-state index in [9.17, 15) is 4.79 Å². The van der Waals surface area contributed by atoms with Crippen molar-refractivity contribution in [3.63, 3.8) is 0 Å². The molecule has 2 rings (SSSR count). The molecule has 0 saturated carbocycles. The molecular formula is C17H28IN5O. The van der Waals surface area contributed by atoms with E-state index in [-0.39, 0.29) is 29.9 Å². The van der Waals surface area contributed by atoms with Crippen LogP contribution in [0.2, 0.25) is 0 Å². The highest BCUT2D eigenvalue weighted by Gasteiger charge is 2.15. The summed E-state index contributed by atoms with van der Waals surface area (Å²) in [7, 11) is 5.58. The first-order valence-electron chi connectivity index (χ1n) is 8.07. The highest BCUT2D eigenvalue weighted by atomic mass is 127. The van der Waals surface area contributed by atoms with Gasteiger partial charge in [-0.3, -0.25) is 9.79 Å². The van der Waals surface area contributed by atoms with Crippen molar-refractivity contribution >= 4 is 41.5 Å². The van der Waals surface area contributed by atoms with Crippen LogP contribution in [0, 0.1) is 0 Å². The van der Waals surface area contributed by atoms with Gasteiger partial charge >= 0.3 is 0 Å². The second kappa shape index (κ2) is 10.5. The highest BCUT2D eigenvalue weighted by molar-refractivity contribution is 14.0. The van der Waals surface area contributed by atoms with E-state index in [4.69, 9.17) is 0 Å². The Bertz CT molecular complexity index is 556. The molecule has 1 aliphatic heterocycles. The van der Waals surface area contributed by atoms with E-state index in [1.165, 1.54) is 12.8 Å². The lowest BCUT2D eigenvalue weighted by molar-refractivity contribution is -0.116. The van der Waals surface area contributed by atoms with Gasteiger partial charge in [0, 0.05) is 32.4 Å². The second-order valence-corrected chi connectivity index (χ2v) is 6.08. The molecule has 1 aromatic carbocycles. The highest BCUT2D eigenvalue weighted by Crippen LogP contribution is 2.12. The van der Waals surface area contributed by atoms with Gasteiger partial charge in [-0.15, -0.1) is 24.0 Å². The van der Waals surface area contributed by atoms with Gasteiger partial charge in [0.1, 0.15) is 0 Å². The summed E-state index contributed by atoms with van der Waals surface area (Å²) in [6.07, 6.45) is 2.46. The van der Waals surface area contributed by atoms with Crippen LogP contribution >= 0.6 is 24.0 Å². The Balaban J connectivity index is 0.00000288. The Morgan fingerprint density at radius 1 is 1.29 bits per heavy atom. The fourth-order valence-electron chi connectivity index (χ4n) is 2.69. The van der Waals surface area contributed by atoms with Crippen LogP contribution in [0.25, 0.3) is 0 Å². The van der Waals surface area contributed by atoms with Crippen molar-refractivity contribution in [2.24, 2.45) is 4.99 Å². The number of aliphatic imine (C=N–C) groups is 1. The third-order valence-electron chi connectivity index (χ3n) is 3.74. The molecule has 0 spiro atoms. The van der Waals surface area contributed by atoms with Gasteiger partial charge in [-0.25, -0.2) is 0 Å². The first-order chi connectivity index (χ1) is 11.1. The van der Waals surface area contributed by atoms with Gasteiger partial charge in [0.2, 0.25) is 5.91 Å². The molecule has 1 aromatic rings. The molecule has 1 heterocycles. The zero-order valence-electron chi connectivity index (χ0n) is 14.7. The van der Waals surface area contributed by atoms with Crippen LogP contribution in [0.5, 0.6) is 0 Å². The van der Waals surface area contributed by atoms with Crippen molar-refractivity contribution in [2.75, 3.05) is 46.1 Å². The number of guanidine groups is 1. The Kier molecular flexibility index (Phi) is 9.05. The second-order valence-electron chi connectivity index (χ2n) is 6.08. The van der Waals surface area contributed by atoms with Crippen molar-refractivity contribution < 1.29 is 4.79 Å². The molecule has 7 heteroatoms. The lowest BCUT2D eigenvalue weighted by Gasteiger charge is -2.21. The van der Waals surface area contributed by atoms with E-state index in [2.05, 4.69) is 20.5 Å². The fraction of sp³-hybridized carbons (Fsp3) is 0.529. The molecular weight excluding hydrogens is 417 g/mol. The van der Waals surface area contributed by atoms with Gasteiger partial charge < -0.3 is 20.4 Å². The number of likely N-dealkylation sites (N-methyl/N-ethyl adjacent to an activating group) is 1. The summed E-state index contributed by atoms with van der Waals surface area (Å²) in [5.74, 6) is 0.942. The van der Waals surface area contributed by atoms with Crippen molar-refractivity contribution in [1.82, 2.24) is 15.1 Å². The Morgan fingerprint density at radius 2 is 2.00 bits per heavy atom. The number of carbonyl (C=O) groups excluding carboxylic acids is 1. The maximum atomic E-state index is 11.8.